The third-order valence-electron chi connectivity index (χ3n) is 7.85. The van der Waals surface area contributed by atoms with Gasteiger partial charge in [-0.15, -0.1) is 0 Å². The van der Waals surface area contributed by atoms with Gasteiger partial charge in [0.25, 0.3) is 5.91 Å². The highest BCUT2D eigenvalue weighted by atomic mass is 35.5. The molecule has 12 nitrogen and oxygen atoms in total. The molecule has 5 rings (SSSR count). The summed E-state index contributed by atoms with van der Waals surface area (Å²) in [5.41, 5.74) is 16.2. The van der Waals surface area contributed by atoms with E-state index in [0.29, 0.717) is 57.7 Å². The maximum Gasteiger partial charge on any atom is 0.266 e. The van der Waals surface area contributed by atoms with Crippen molar-refractivity contribution >= 4 is 40.7 Å². The highest BCUT2D eigenvalue weighted by Gasteiger charge is 2.54. The molecule has 1 amide bonds. The fourth-order valence-corrected chi connectivity index (χ4v) is 5.90. The van der Waals surface area contributed by atoms with Gasteiger partial charge < -0.3 is 24.1 Å². The summed E-state index contributed by atoms with van der Waals surface area (Å²) in [4.78, 5) is 22.6. The Balaban J connectivity index is 1.57. The molecule has 0 unspecified atom stereocenters. The van der Waals surface area contributed by atoms with E-state index in [0.717, 1.165) is 5.56 Å². The summed E-state index contributed by atoms with van der Waals surface area (Å²) in [6, 6.07) is 24.3. The van der Waals surface area contributed by atoms with Gasteiger partial charge in [0.15, 0.2) is 11.6 Å². The number of azide groups is 1. The molecule has 1 aliphatic rings. The summed E-state index contributed by atoms with van der Waals surface area (Å²) in [5.74, 6) is 1.44. The lowest BCUT2D eigenvalue weighted by atomic mass is 9.81. The lowest BCUT2D eigenvalue weighted by molar-refractivity contribution is -0.130. The molecule has 0 radical (unpaired) electrons. The summed E-state index contributed by atoms with van der Waals surface area (Å²) in [6.07, 6.45) is -0.573. The third-order valence-corrected chi connectivity index (χ3v) is 8.42. The second kappa shape index (κ2) is 16.4. The summed E-state index contributed by atoms with van der Waals surface area (Å²) in [6.45, 7) is 0.576. The Morgan fingerprint density at radius 2 is 1.80 bits per heavy atom. The number of aliphatic imine (C=N–C) groups is 1. The van der Waals surface area contributed by atoms with E-state index in [1.54, 1.807) is 93.1 Å². The van der Waals surface area contributed by atoms with E-state index >= 15 is 0 Å². The zero-order valence-corrected chi connectivity index (χ0v) is 28.2. The minimum atomic E-state index is -1.67. The number of ether oxygens (including phenoxy) is 4. The number of hydrogen-bond donors (Lipinski definition) is 3. The zero-order valence-electron chi connectivity index (χ0n) is 26.7. The fourth-order valence-electron chi connectivity index (χ4n) is 5.40. The number of aliphatic hydroxyl groups excluding tert-OH is 1. The number of aliphatic hydroxyl groups is 1. The molecule has 0 saturated heterocycles. The Morgan fingerprint density at radius 1 is 1.02 bits per heavy atom. The summed E-state index contributed by atoms with van der Waals surface area (Å²) >= 11 is 13.0. The molecule has 0 saturated carbocycles. The van der Waals surface area contributed by atoms with Crippen molar-refractivity contribution in [2.24, 2.45) is 10.1 Å². The molecule has 0 fully saturated rings. The topological polar surface area (TPSA) is 159 Å². The Hall–Kier alpha value is -4.97. The minimum Gasteiger partial charge on any atom is -0.497 e. The van der Waals surface area contributed by atoms with Crippen molar-refractivity contribution in [3.05, 3.63) is 128 Å². The number of amides is 1. The third kappa shape index (κ3) is 8.19. The molecule has 0 aliphatic carbocycles. The molecule has 2 atom stereocenters. The van der Waals surface area contributed by atoms with Crippen molar-refractivity contribution < 1.29 is 28.8 Å². The van der Waals surface area contributed by atoms with E-state index in [2.05, 4.69) is 20.9 Å². The number of carbonyl (C=O) groups excluding carboxylic acids is 1. The van der Waals surface area contributed by atoms with Gasteiger partial charge in [-0.2, -0.15) is 0 Å². The minimum absolute atomic E-state index is 0.0207. The van der Waals surface area contributed by atoms with Gasteiger partial charge in [-0.05, 0) is 53.6 Å². The predicted molar refractivity (Wildman–Crippen MR) is 187 cm³/mol. The van der Waals surface area contributed by atoms with Gasteiger partial charge in [0.2, 0.25) is 5.90 Å². The molecule has 4 aromatic carbocycles. The Kier molecular flexibility index (Phi) is 11.8. The van der Waals surface area contributed by atoms with Gasteiger partial charge >= 0.3 is 0 Å². The molecular formula is C35H34Cl2N6O6. The van der Waals surface area contributed by atoms with Gasteiger partial charge in [0.1, 0.15) is 17.2 Å². The van der Waals surface area contributed by atoms with Gasteiger partial charge in [0, 0.05) is 69.4 Å². The van der Waals surface area contributed by atoms with Crippen LogP contribution in [0.1, 0.15) is 34.8 Å². The van der Waals surface area contributed by atoms with E-state index in [1.165, 1.54) is 0 Å². The van der Waals surface area contributed by atoms with Crippen LogP contribution in [0.2, 0.25) is 10.0 Å². The van der Waals surface area contributed by atoms with Gasteiger partial charge in [-0.3, -0.25) is 10.2 Å². The van der Waals surface area contributed by atoms with E-state index < -0.39 is 17.6 Å². The quantitative estimate of drug-likeness (QED) is 0.0394. The first kappa shape index (κ1) is 35.3. The van der Waals surface area contributed by atoms with Gasteiger partial charge in [0.05, 0.1) is 20.8 Å². The van der Waals surface area contributed by atoms with Crippen LogP contribution < -0.4 is 25.1 Å². The standard InChI is InChI=1S/C35H34Cl2N6O6/c1-46-27-14-10-24(31(19-27)47-2)21-39-42-34(45)35(20-23-6-3-4-7-30(23)41-43-38)32(28-15-11-25(36)18-29(28)37)49-33(40-35)22-8-12-26(13-9-22)48-17-5-16-44/h3-4,6-15,18-19,32,39,44H,5,16-17,20-21H2,1-2H3,(H,42,45)/t32-,35-/m0/s1. The molecular weight excluding hydrogens is 671 g/mol. The van der Waals surface area contributed by atoms with Crippen molar-refractivity contribution in [1.29, 1.82) is 0 Å². The van der Waals surface area contributed by atoms with Crippen molar-refractivity contribution in [1.82, 2.24) is 10.9 Å². The number of hydrazine groups is 1. The lowest BCUT2D eigenvalue weighted by Crippen LogP contribution is -2.53. The van der Waals surface area contributed by atoms with Crippen molar-refractivity contribution in [3.8, 4) is 17.2 Å². The first-order valence-electron chi connectivity index (χ1n) is 15.2. The second-order valence-corrected chi connectivity index (χ2v) is 11.8. The number of benzene rings is 4. The molecule has 3 N–H and O–H groups in total. The normalized spacial score (nSPS) is 16.6. The maximum absolute atomic E-state index is 14.6. The van der Waals surface area contributed by atoms with E-state index in [-0.39, 0.29) is 30.5 Å². The molecule has 14 heteroatoms. The number of hydrogen-bond acceptors (Lipinski definition) is 9. The Morgan fingerprint density at radius 3 is 2.51 bits per heavy atom. The van der Waals surface area contributed by atoms with Crippen molar-refractivity contribution in [3.63, 3.8) is 0 Å². The molecule has 4 aromatic rings. The zero-order chi connectivity index (χ0) is 34.8. The molecule has 254 valence electrons. The van der Waals surface area contributed by atoms with Gasteiger partial charge in [-0.1, -0.05) is 64.7 Å². The van der Waals surface area contributed by atoms with E-state index in [1.807, 2.05) is 6.07 Å². The first-order valence-corrected chi connectivity index (χ1v) is 16.0. The monoisotopic (exact) mass is 704 g/mol. The maximum atomic E-state index is 14.6. The van der Waals surface area contributed by atoms with Crippen LogP contribution in [0.4, 0.5) is 5.69 Å². The van der Waals surface area contributed by atoms with E-state index in [4.69, 9.17) is 52.2 Å². The van der Waals surface area contributed by atoms with Crippen LogP contribution in [0.3, 0.4) is 0 Å². The van der Waals surface area contributed by atoms with Crippen LogP contribution in [0, 0.1) is 0 Å². The predicted octanol–water partition coefficient (Wildman–Crippen LogP) is 7.03. The molecule has 0 spiro atoms. The van der Waals surface area contributed by atoms with Crippen LogP contribution >= 0.6 is 23.2 Å². The molecule has 0 aromatic heterocycles. The largest absolute Gasteiger partial charge is 0.497 e. The van der Waals surface area contributed by atoms with Crippen molar-refractivity contribution in [2.75, 3.05) is 27.4 Å². The first-order chi connectivity index (χ1) is 23.8. The molecule has 0 bridgehead atoms. The molecule has 1 aliphatic heterocycles. The lowest BCUT2D eigenvalue weighted by Gasteiger charge is -2.31. The number of rotatable bonds is 15. The SMILES string of the molecule is COc1ccc(CNNC(=O)[C@@]2(Cc3ccccc3N=[N+]=[N-])N=C(c3ccc(OCCCO)cc3)O[C@H]2c2ccc(Cl)cc2Cl)c(OC)c1. The van der Waals surface area contributed by atoms with Crippen LogP contribution in [-0.2, 0) is 22.5 Å². The van der Waals surface area contributed by atoms with Crippen LogP contribution in [0.15, 0.2) is 95.0 Å². The van der Waals surface area contributed by atoms with Crippen molar-refractivity contribution in [2.45, 2.75) is 31.0 Å². The van der Waals surface area contributed by atoms with Gasteiger partial charge in [-0.25, -0.2) is 10.4 Å². The average Bonchev–Trinajstić information content (AvgIpc) is 3.49. The number of nitrogens with one attached hydrogen (secondary N) is 2. The van der Waals surface area contributed by atoms with Crippen LogP contribution in [-0.4, -0.2) is 49.9 Å². The smallest absolute Gasteiger partial charge is 0.266 e. The summed E-state index contributed by atoms with van der Waals surface area (Å²) < 4.78 is 23.1. The van der Waals surface area contributed by atoms with Crippen LogP contribution in [0.5, 0.6) is 17.2 Å². The Bertz CT molecular complexity index is 1870. The molecule has 49 heavy (non-hydrogen) atoms. The highest BCUT2D eigenvalue weighted by Crippen LogP contribution is 2.46. The average molecular weight is 706 g/mol. The number of carbonyl (C=O) groups is 1. The van der Waals surface area contributed by atoms with E-state index in [9.17, 15) is 10.3 Å². The summed E-state index contributed by atoms with van der Waals surface area (Å²) in [7, 11) is 3.11. The number of halogens is 2. The Labute approximate surface area is 293 Å². The number of methoxy groups -OCH3 is 2. The molecule has 1 heterocycles. The highest BCUT2D eigenvalue weighted by molar-refractivity contribution is 6.35. The number of nitrogens with zero attached hydrogens (tertiary/aromatic N) is 4. The second-order valence-electron chi connectivity index (χ2n) is 10.9. The fraction of sp³-hybridized carbons (Fsp3) is 0.257. The van der Waals surface area contributed by atoms with Crippen LogP contribution in [0.25, 0.3) is 10.4 Å². The summed E-state index contributed by atoms with van der Waals surface area (Å²) in [5, 5.41) is 13.6.